The van der Waals surface area contributed by atoms with Gasteiger partial charge in [0.1, 0.15) is 11.5 Å². The zero-order valence-electron chi connectivity index (χ0n) is 20.2. The van der Waals surface area contributed by atoms with Crippen molar-refractivity contribution in [1.29, 1.82) is 0 Å². The number of para-hydroxylation sites is 1. The van der Waals surface area contributed by atoms with E-state index in [1.54, 1.807) is 54.6 Å². The molecule has 0 saturated carbocycles. The first kappa shape index (κ1) is 26.4. The lowest BCUT2D eigenvalue weighted by molar-refractivity contribution is -0.114. The molecule has 4 aromatic carbocycles. The molecule has 0 aliphatic carbocycles. The highest BCUT2D eigenvalue weighted by molar-refractivity contribution is 8.00. The van der Waals surface area contributed by atoms with Crippen molar-refractivity contribution in [2.45, 2.75) is 4.90 Å². The number of nitrogens with one attached hydrogen (secondary N) is 3. The molecule has 0 heterocycles. The zero-order chi connectivity index (χ0) is 26.7. The fourth-order valence-electron chi connectivity index (χ4n) is 3.42. The predicted octanol–water partition coefficient (Wildman–Crippen LogP) is 5.97. The Morgan fingerprint density at radius 3 is 2.13 bits per heavy atom. The first-order valence-electron chi connectivity index (χ1n) is 11.7. The van der Waals surface area contributed by atoms with E-state index in [0.29, 0.717) is 16.9 Å². The van der Waals surface area contributed by atoms with Gasteiger partial charge in [0.25, 0.3) is 11.8 Å². The molecule has 0 aromatic heterocycles. The van der Waals surface area contributed by atoms with Crippen LogP contribution < -0.4 is 16.0 Å². The van der Waals surface area contributed by atoms with Gasteiger partial charge in [-0.15, -0.1) is 11.8 Å². The van der Waals surface area contributed by atoms with Gasteiger partial charge < -0.3 is 16.0 Å². The van der Waals surface area contributed by atoms with Crippen LogP contribution in [0.5, 0.6) is 0 Å². The van der Waals surface area contributed by atoms with Crippen LogP contribution in [0.15, 0.2) is 120 Å². The summed E-state index contributed by atoms with van der Waals surface area (Å²) in [5.41, 5.74) is 1.55. The molecule has 0 aliphatic rings. The van der Waals surface area contributed by atoms with Gasteiger partial charge in [0.2, 0.25) is 5.91 Å². The Morgan fingerprint density at radius 1 is 0.737 bits per heavy atom. The first-order chi connectivity index (χ1) is 18.5. The van der Waals surface area contributed by atoms with E-state index in [9.17, 15) is 18.8 Å². The van der Waals surface area contributed by atoms with Crippen molar-refractivity contribution in [2.75, 3.05) is 16.4 Å². The molecule has 0 fully saturated rings. The van der Waals surface area contributed by atoms with Crippen molar-refractivity contribution >= 4 is 46.9 Å². The number of thioether (sulfide) groups is 1. The number of anilines is 2. The molecule has 0 saturated heterocycles. The molecular weight excluding hydrogens is 501 g/mol. The van der Waals surface area contributed by atoms with Crippen molar-refractivity contribution in [3.05, 3.63) is 132 Å². The third kappa shape index (κ3) is 7.65. The zero-order valence-corrected chi connectivity index (χ0v) is 21.0. The minimum absolute atomic E-state index is 0.121. The summed E-state index contributed by atoms with van der Waals surface area (Å²) < 4.78 is 14.3. The van der Waals surface area contributed by atoms with Gasteiger partial charge in [-0.1, -0.05) is 60.7 Å². The smallest absolute Gasteiger partial charge is 0.272 e. The van der Waals surface area contributed by atoms with Gasteiger partial charge in [0, 0.05) is 27.4 Å². The number of rotatable bonds is 9. The lowest BCUT2D eigenvalue weighted by Gasteiger charge is -2.12. The van der Waals surface area contributed by atoms with E-state index in [4.69, 9.17) is 0 Å². The Balaban J connectivity index is 1.46. The second kappa shape index (κ2) is 13.0. The molecule has 8 heteroatoms. The summed E-state index contributed by atoms with van der Waals surface area (Å²) in [5.74, 6) is -1.63. The number of benzene rings is 4. The number of hydrogen-bond donors (Lipinski definition) is 3. The largest absolute Gasteiger partial charge is 0.325 e. The fraction of sp³-hybridized carbons (Fsp3) is 0.0333. The predicted molar refractivity (Wildman–Crippen MR) is 149 cm³/mol. The summed E-state index contributed by atoms with van der Waals surface area (Å²) in [6, 6.07) is 30.5. The summed E-state index contributed by atoms with van der Waals surface area (Å²) in [6.45, 7) is 0. The van der Waals surface area contributed by atoms with Crippen LogP contribution in [0.2, 0.25) is 0 Å². The highest BCUT2D eigenvalue weighted by atomic mass is 32.2. The Labute approximate surface area is 224 Å². The molecule has 3 N–H and O–H groups in total. The summed E-state index contributed by atoms with van der Waals surface area (Å²) >= 11 is 1.31. The topological polar surface area (TPSA) is 87.3 Å². The van der Waals surface area contributed by atoms with Crippen LogP contribution in [0.4, 0.5) is 15.8 Å². The summed E-state index contributed by atoms with van der Waals surface area (Å²) in [6.07, 6.45) is 1.29. The lowest BCUT2D eigenvalue weighted by atomic mass is 10.1. The van der Waals surface area contributed by atoms with Crippen molar-refractivity contribution in [3.8, 4) is 0 Å². The van der Waals surface area contributed by atoms with Crippen LogP contribution >= 0.6 is 11.8 Å². The maximum absolute atomic E-state index is 14.3. The molecule has 4 rings (SSSR count). The van der Waals surface area contributed by atoms with Crippen molar-refractivity contribution in [1.82, 2.24) is 5.32 Å². The molecule has 0 aliphatic heterocycles. The Hall–Kier alpha value is -4.69. The third-order valence-electron chi connectivity index (χ3n) is 5.25. The molecule has 190 valence electrons. The van der Waals surface area contributed by atoms with E-state index in [1.165, 1.54) is 36.0 Å². The highest BCUT2D eigenvalue weighted by Gasteiger charge is 2.16. The van der Waals surface area contributed by atoms with Crippen LogP contribution in [0.25, 0.3) is 6.08 Å². The minimum Gasteiger partial charge on any atom is -0.325 e. The van der Waals surface area contributed by atoms with Gasteiger partial charge >= 0.3 is 0 Å². The number of halogens is 1. The second-order valence-electron chi connectivity index (χ2n) is 8.08. The van der Waals surface area contributed by atoms with Crippen LogP contribution in [0.3, 0.4) is 0 Å². The van der Waals surface area contributed by atoms with Gasteiger partial charge in [0.15, 0.2) is 0 Å². The third-order valence-corrected chi connectivity index (χ3v) is 6.25. The van der Waals surface area contributed by atoms with Crippen LogP contribution in [-0.4, -0.2) is 23.5 Å². The number of hydrogen-bond acceptors (Lipinski definition) is 4. The molecular formula is C30H24FN3O3S. The molecule has 3 amide bonds. The summed E-state index contributed by atoms with van der Waals surface area (Å²) in [4.78, 5) is 39.0. The van der Waals surface area contributed by atoms with Crippen molar-refractivity contribution in [2.24, 2.45) is 0 Å². The normalized spacial score (nSPS) is 10.9. The molecule has 0 radical (unpaired) electrons. The molecule has 0 atom stereocenters. The van der Waals surface area contributed by atoms with E-state index in [-0.39, 0.29) is 22.9 Å². The first-order valence-corrected chi connectivity index (χ1v) is 12.7. The van der Waals surface area contributed by atoms with E-state index in [0.717, 1.165) is 4.90 Å². The van der Waals surface area contributed by atoms with Gasteiger partial charge in [-0.3, -0.25) is 14.4 Å². The average Bonchev–Trinajstić information content (AvgIpc) is 2.94. The van der Waals surface area contributed by atoms with Gasteiger partial charge in [-0.2, -0.15) is 0 Å². The maximum Gasteiger partial charge on any atom is 0.272 e. The van der Waals surface area contributed by atoms with Gasteiger partial charge in [0.05, 0.1) is 5.75 Å². The maximum atomic E-state index is 14.3. The molecule has 0 bridgehead atoms. The number of carbonyl (C=O) groups is 3. The molecule has 6 nitrogen and oxygen atoms in total. The molecule has 38 heavy (non-hydrogen) atoms. The number of carbonyl (C=O) groups excluding carboxylic acids is 3. The lowest BCUT2D eigenvalue weighted by Crippen LogP contribution is -2.30. The Bertz CT molecular complexity index is 1460. The Morgan fingerprint density at radius 2 is 1.39 bits per heavy atom. The van der Waals surface area contributed by atoms with Crippen LogP contribution in [0, 0.1) is 5.82 Å². The monoisotopic (exact) mass is 525 g/mol. The van der Waals surface area contributed by atoms with E-state index in [2.05, 4.69) is 16.0 Å². The van der Waals surface area contributed by atoms with Crippen molar-refractivity contribution < 1.29 is 18.8 Å². The molecule has 0 unspecified atom stereocenters. The minimum atomic E-state index is -0.624. The highest BCUT2D eigenvalue weighted by Crippen LogP contribution is 2.23. The summed E-state index contributed by atoms with van der Waals surface area (Å²) in [7, 11) is 0. The number of amides is 3. The van der Waals surface area contributed by atoms with Crippen LogP contribution in [0.1, 0.15) is 15.9 Å². The van der Waals surface area contributed by atoms with E-state index >= 15 is 0 Å². The second-order valence-corrected chi connectivity index (χ2v) is 9.13. The molecule has 4 aromatic rings. The fourth-order valence-corrected chi connectivity index (χ4v) is 4.17. The standard InChI is InChI=1S/C30H24FN3O3S/c31-26-17-8-7-12-22(26)18-27(34-29(36)21-10-3-1-4-11-21)30(37)33-24-15-9-16-25(19-24)38-20-28(35)32-23-13-5-2-6-14-23/h1-19H,20H2,(H,32,35)(H,33,37)(H,34,36)/b27-18-. The van der Waals surface area contributed by atoms with Gasteiger partial charge in [-0.05, 0) is 54.6 Å². The summed E-state index contributed by atoms with van der Waals surface area (Å²) in [5, 5.41) is 8.17. The molecule has 0 spiro atoms. The SMILES string of the molecule is O=C(CSc1cccc(NC(=O)/C(=C/c2ccccc2F)NC(=O)c2ccccc2)c1)Nc1ccccc1. The quantitative estimate of drug-likeness (QED) is 0.186. The Kier molecular flexibility index (Phi) is 9.04. The van der Waals surface area contributed by atoms with Crippen molar-refractivity contribution in [3.63, 3.8) is 0 Å². The van der Waals surface area contributed by atoms with Gasteiger partial charge in [-0.25, -0.2) is 4.39 Å². The average molecular weight is 526 g/mol. The van der Waals surface area contributed by atoms with Crippen LogP contribution in [-0.2, 0) is 9.59 Å². The van der Waals surface area contributed by atoms with E-state index < -0.39 is 17.6 Å². The van der Waals surface area contributed by atoms with E-state index in [1.807, 2.05) is 36.4 Å².